The van der Waals surface area contributed by atoms with Crippen LogP contribution in [0.2, 0.25) is 0 Å². The molecule has 5 nitrogen and oxygen atoms in total. The summed E-state index contributed by atoms with van der Waals surface area (Å²) in [5.41, 5.74) is 2.83. The molecule has 0 spiro atoms. The number of hydrogen-bond donors (Lipinski definition) is 2. The van der Waals surface area contributed by atoms with Crippen molar-refractivity contribution in [1.82, 2.24) is 9.03 Å². The van der Waals surface area contributed by atoms with Crippen molar-refractivity contribution in [1.29, 1.82) is 0 Å². The number of nitrogens with zero attached hydrogens (tertiary/aromatic N) is 1. The fourth-order valence-corrected chi connectivity index (χ4v) is 3.40. The molecule has 0 aliphatic carbocycles. The van der Waals surface area contributed by atoms with E-state index >= 15 is 0 Å². The van der Waals surface area contributed by atoms with Crippen LogP contribution in [0.25, 0.3) is 0 Å². The minimum atomic E-state index is -3.67. The Morgan fingerprint density at radius 2 is 1.70 bits per heavy atom. The second kappa shape index (κ2) is 8.21. The smallest absolute Gasteiger partial charge is 0.280 e. The van der Waals surface area contributed by atoms with Gasteiger partial charge < -0.3 is 5.11 Å². The van der Waals surface area contributed by atoms with Crippen LogP contribution < -0.4 is 4.72 Å². The third-order valence-electron chi connectivity index (χ3n) is 3.60. The molecule has 2 rings (SSSR count). The predicted molar refractivity (Wildman–Crippen MR) is 90.9 cm³/mol. The van der Waals surface area contributed by atoms with Gasteiger partial charge in [0.15, 0.2) is 0 Å². The molecule has 0 saturated heterocycles. The molecule has 0 aromatic heterocycles. The maximum atomic E-state index is 12.5. The van der Waals surface area contributed by atoms with Gasteiger partial charge in [-0.3, -0.25) is 0 Å². The van der Waals surface area contributed by atoms with Crippen LogP contribution >= 0.6 is 0 Å². The van der Waals surface area contributed by atoms with Gasteiger partial charge in [0.2, 0.25) is 0 Å². The second-order valence-electron chi connectivity index (χ2n) is 5.30. The first kappa shape index (κ1) is 17.6. The third kappa shape index (κ3) is 5.14. The number of benzene rings is 2. The van der Waals surface area contributed by atoms with Gasteiger partial charge in [-0.15, -0.1) is 0 Å². The summed E-state index contributed by atoms with van der Waals surface area (Å²) in [5, 5.41) is 9.20. The van der Waals surface area contributed by atoms with E-state index in [4.69, 9.17) is 0 Å². The van der Waals surface area contributed by atoms with E-state index in [0.29, 0.717) is 0 Å². The van der Waals surface area contributed by atoms with Gasteiger partial charge in [0.25, 0.3) is 10.2 Å². The van der Waals surface area contributed by atoms with Crippen molar-refractivity contribution in [3.8, 4) is 0 Å². The SMILES string of the molecule is Cc1ccccc1CN(CCO)S(=O)(=O)NCc1ccccc1. The molecule has 23 heavy (non-hydrogen) atoms. The van der Waals surface area contributed by atoms with Gasteiger partial charge in [0.05, 0.1) is 6.61 Å². The van der Waals surface area contributed by atoms with E-state index in [-0.39, 0.29) is 26.2 Å². The molecule has 0 fully saturated rings. The zero-order chi connectivity index (χ0) is 16.7. The van der Waals surface area contributed by atoms with Crippen LogP contribution in [0.3, 0.4) is 0 Å². The molecular formula is C17H22N2O3S. The van der Waals surface area contributed by atoms with Gasteiger partial charge in [0.1, 0.15) is 0 Å². The van der Waals surface area contributed by atoms with Crippen LogP contribution in [-0.4, -0.2) is 31.0 Å². The fraction of sp³-hybridized carbons (Fsp3) is 0.294. The van der Waals surface area contributed by atoms with Crippen LogP contribution in [0.15, 0.2) is 54.6 Å². The average Bonchev–Trinajstić information content (AvgIpc) is 2.55. The molecule has 0 atom stereocenters. The van der Waals surface area contributed by atoms with Crippen molar-refractivity contribution in [3.05, 3.63) is 71.3 Å². The lowest BCUT2D eigenvalue weighted by Crippen LogP contribution is -2.41. The summed E-state index contributed by atoms with van der Waals surface area (Å²) in [6.07, 6.45) is 0. The lowest BCUT2D eigenvalue weighted by Gasteiger charge is -2.22. The molecule has 124 valence electrons. The van der Waals surface area contributed by atoms with Crippen LogP contribution in [0.1, 0.15) is 16.7 Å². The maximum absolute atomic E-state index is 12.5. The minimum absolute atomic E-state index is 0.0540. The summed E-state index contributed by atoms with van der Waals surface area (Å²) in [7, 11) is -3.67. The minimum Gasteiger partial charge on any atom is -0.395 e. The molecule has 0 amide bonds. The van der Waals surface area contributed by atoms with E-state index in [2.05, 4.69) is 4.72 Å². The van der Waals surface area contributed by atoms with Crippen molar-refractivity contribution in [2.24, 2.45) is 0 Å². The molecule has 6 heteroatoms. The molecule has 0 saturated carbocycles. The quantitative estimate of drug-likeness (QED) is 0.774. The number of aliphatic hydroxyl groups is 1. The summed E-state index contributed by atoms with van der Waals surface area (Å²) < 4.78 is 28.9. The lowest BCUT2D eigenvalue weighted by atomic mass is 10.1. The molecule has 0 unspecified atom stereocenters. The monoisotopic (exact) mass is 334 g/mol. The third-order valence-corrected chi connectivity index (χ3v) is 5.10. The highest BCUT2D eigenvalue weighted by atomic mass is 32.2. The topological polar surface area (TPSA) is 69.6 Å². The fourth-order valence-electron chi connectivity index (χ4n) is 2.23. The normalized spacial score (nSPS) is 11.8. The number of nitrogens with one attached hydrogen (secondary N) is 1. The maximum Gasteiger partial charge on any atom is 0.280 e. The summed E-state index contributed by atoms with van der Waals surface area (Å²) in [5.74, 6) is 0. The van der Waals surface area contributed by atoms with Crippen molar-refractivity contribution >= 4 is 10.2 Å². The Balaban J connectivity index is 2.10. The van der Waals surface area contributed by atoms with Gasteiger partial charge >= 0.3 is 0 Å². The first-order valence-corrected chi connectivity index (χ1v) is 8.91. The molecule has 0 bridgehead atoms. The number of aliphatic hydroxyl groups excluding tert-OH is 1. The summed E-state index contributed by atoms with van der Waals surface area (Å²) in [6, 6.07) is 17.0. The van der Waals surface area contributed by atoms with Gasteiger partial charge in [-0.1, -0.05) is 54.6 Å². The first-order chi connectivity index (χ1) is 11.0. The van der Waals surface area contributed by atoms with Gasteiger partial charge in [-0.25, -0.2) is 0 Å². The van der Waals surface area contributed by atoms with E-state index in [0.717, 1.165) is 16.7 Å². The van der Waals surface area contributed by atoms with E-state index in [1.807, 2.05) is 61.5 Å². The van der Waals surface area contributed by atoms with Crippen molar-refractivity contribution in [2.45, 2.75) is 20.0 Å². The molecule has 2 aromatic carbocycles. The Kier molecular flexibility index (Phi) is 6.29. The summed E-state index contributed by atoms with van der Waals surface area (Å²) >= 11 is 0. The Morgan fingerprint density at radius 1 is 1.04 bits per heavy atom. The summed E-state index contributed by atoms with van der Waals surface area (Å²) in [4.78, 5) is 0. The second-order valence-corrected chi connectivity index (χ2v) is 7.05. The van der Waals surface area contributed by atoms with E-state index in [9.17, 15) is 13.5 Å². The lowest BCUT2D eigenvalue weighted by molar-refractivity contribution is 0.249. The highest BCUT2D eigenvalue weighted by Gasteiger charge is 2.21. The first-order valence-electron chi connectivity index (χ1n) is 7.47. The molecule has 0 heterocycles. The highest BCUT2D eigenvalue weighted by molar-refractivity contribution is 7.87. The summed E-state index contributed by atoms with van der Waals surface area (Å²) in [6.45, 7) is 2.23. The Bertz CT molecular complexity index is 718. The van der Waals surface area contributed by atoms with Crippen molar-refractivity contribution in [2.75, 3.05) is 13.2 Å². The van der Waals surface area contributed by atoms with Crippen LogP contribution in [0, 0.1) is 6.92 Å². The Labute approximate surface area is 137 Å². The molecular weight excluding hydrogens is 312 g/mol. The van der Waals surface area contributed by atoms with Crippen LogP contribution in [0.4, 0.5) is 0 Å². The highest BCUT2D eigenvalue weighted by Crippen LogP contribution is 2.13. The Morgan fingerprint density at radius 3 is 2.35 bits per heavy atom. The Hall–Kier alpha value is -1.73. The number of rotatable bonds is 8. The zero-order valence-corrected chi connectivity index (χ0v) is 14.0. The van der Waals surface area contributed by atoms with Gasteiger partial charge in [-0.2, -0.15) is 17.4 Å². The van der Waals surface area contributed by atoms with Crippen LogP contribution in [0.5, 0.6) is 0 Å². The van der Waals surface area contributed by atoms with E-state index < -0.39 is 10.2 Å². The van der Waals surface area contributed by atoms with Crippen molar-refractivity contribution < 1.29 is 13.5 Å². The van der Waals surface area contributed by atoms with Gasteiger partial charge in [0, 0.05) is 19.6 Å². The molecule has 0 radical (unpaired) electrons. The number of hydrogen-bond acceptors (Lipinski definition) is 3. The average molecular weight is 334 g/mol. The predicted octanol–water partition coefficient (Wildman–Crippen LogP) is 1.82. The van der Waals surface area contributed by atoms with Gasteiger partial charge in [-0.05, 0) is 23.6 Å². The number of aryl methyl sites for hydroxylation is 1. The largest absolute Gasteiger partial charge is 0.395 e. The van der Waals surface area contributed by atoms with E-state index in [1.54, 1.807) is 0 Å². The van der Waals surface area contributed by atoms with E-state index in [1.165, 1.54) is 4.31 Å². The molecule has 0 aliphatic rings. The molecule has 0 aliphatic heterocycles. The molecule has 2 aromatic rings. The zero-order valence-electron chi connectivity index (χ0n) is 13.1. The van der Waals surface area contributed by atoms with Crippen molar-refractivity contribution in [3.63, 3.8) is 0 Å². The molecule has 2 N–H and O–H groups in total. The van der Waals surface area contributed by atoms with Crippen LogP contribution in [-0.2, 0) is 23.3 Å². The standard InChI is InChI=1S/C17H22N2O3S/c1-15-7-5-6-10-17(15)14-19(11-12-20)23(21,22)18-13-16-8-3-2-4-9-16/h2-10,18,20H,11-14H2,1H3.